The van der Waals surface area contributed by atoms with Gasteiger partial charge in [0, 0.05) is 44.0 Å². The van der Waals surface area contributed by atoms with Crippen LogP contribution in [0, 0.1) is 0 Å². The molecule has 0 spiro atoms. The number of anilines is 1. The Labute approximate surface area is 180 Å². The molecule has 3 aromatic heterocycles. The molecule has 1 N–H and O–H groups in total. The number of amides is 1. The molecule has 1 aliphatic rings. The summed E-state index contributed by atoms with van der Waals surface area (Å²) < 4.78 is 5.56. The van der Waals surface area contributed by atoms with E-state index in [1.807, 2.05) is 67.5 Å². The van der Waals surface area contributed by atoms with Gasteiger partial charge in [-0.3, -0.25) is 4.79 Å². The van der Waals surface area contributed by atoms with Gasteiger partial charge in [0.1, 0.15) is 11.5 Å². The van der Waals surface area contributed by atoms with E-state index >= 15 is 0 Å². The second kappa shape index (κ2) is 7.83. The average Bonchev–Trinajstić information content (AvgIpc) is 3.56. The highest BCUT2D eigenvalue weighted by Gasteiger charge is 2.29. The SMILES string of the molecule is CN(C)c1cc(CNC(=O)c2cc(C3CC3)nc3onc(-c4ccccc4)c23)ccn1. The van der Waals surface area contributed by atoms with Crippen LogP contribution in [0.3, 0.4) is 0 Å². The van der Waals surface area contributed by atoms with E-state index in [2.05, 4.69) is 20.4 Å². The average molecular weight is 413 g/mol. The fourth-order valence-corrected chi connectivity index (χ4v) is 3.62. The summed E-state index contributed by atoms with van der Waals surface area (Å²) in [7, 11) is 3.88. The van der Waals surface area contributed by atoms with Crippen LogP contribution in [-0.2, 0) is 6.54 Å². The first-order valence-electron chi connectivity index (χ1n) is 10.4. The van der Waals surface area contributed by atoms with Crippen molar-refractivity contribution in [2.45, 2.75) is 25.3 Å². The van der Waals surface area contributed by atoms with Gasteiger partial charge in [-0.2, -0.15) is 0 Å². The minimum atomic E-state index is -0.169. The Hall–Kier alpha value is -3.74. The molecule has 0 unspecified atom stereocenters. The van der Waals surface area contributed by atoms with E-state index in [0.717, 1.165) is 35.5 Å². The lowest BCUT2D eigenvalue weighted by molar-refractivity contribution is 0.0952. The topological polar surface area (TPSA) is 84.2 Å². The van der Waals surface area contributed by atoms with Gasteiger partial charge < -0.3 is 14.7 Å². The molecule has 4 aromatic rings. The maximum atomic E-state index is 13.3. The Balaban J connectivity index is 1.50. The summed E-state index contributed by atoms with van der Waals surface area (Å²) in [5.74, 6) is 1.07. The molecule has 0 saturated heterocycles. The fourth-order valence-electron chi connectivity index (χ4n) is 3.62. The van der Waals surface area contributed by atoms with Gasteiger partial charge in [-0.1, -0.05) is 35.5 Å². The van der Waals surface area contributed by atoms with E-state index in [9.17, 15) is 4.79 Å². The van der Waals surface area contributed by atoms with Crippen LogP contribution in [0.1, 0.15) is 40.4 Å². The molecule has 0 atom stereocenters. The molecule has 7 heteroatoms. The summed E-state index contributed by atoms with van der Waals surface area (Å²) >= 11 is 0. The molecule has 0 radical (unpaired) electrons. The van der Waals surface area contributed by atoms with Gasteiger partial charge >= 0.3 is 0 Å². The second-order valence-electron chi connectivity index (χ2n) is 8.05. The number of fused-ring (bicyclic) bond motifs is 1. The zero-order chi connectivity index (χ0) is 21.4. The third-order valence-electron chi connectivity index (χ3n) is 5.47. The molecule has 1 aromatic carbocycles. The van der Waals surface area contributed by atoms with E-state index in [1.54, 1.807) is 6.20 Å². The fraction of sp³-hybridized carbons (Fsp3) is 0.250. The molecular weight excluding hydrogens is 390 g/mol. The predicted molar refractivity (Wildman–Crippen MR) is 119 cm³/mol. The Bertz CT molecular complexity index is 1250. The minimum absolute atomic E-state index is 0.169. The van der Waals surface area contributed by atoms with Crippen molar-refractivity contribution in [1.82, 2.24) is 20.4 Å². The van der Waals surface area contributed by atoms with Gasteiger partial charge in [-0.25, -0.2) is 9.97 Å². The highest BCUT2D eigenvalue weighted by molar-refractivity contribution is 6.09. The number of benzene rings is 1. The lowest BCUT2D eigenvalue weighted by Gasteiger charge is -2.13. The molecule has 7 nitrogen and oxygen atoms in total. The summed E-state index contributed by atoms with van der Waals surface area (Å²) in [6, 6.07) is 15.5. The van der Waals surface area contributed by atoms with Gasteiger partial charge in [-0.05, 0) is 36.6 Å². The molecule has 1 amide bonds. The van der Waals surface area contributed by atoms with Crippen molar-refractivity contribution in [1.29, 1.82) is 0 Å². The van der Waals surface area contributed by atoms with Crippen molar-refractivity contribution < 1.29 is 9.32 Å². The van der Waals surface area contributed by atoms with Gasteiger partial charge in [0.05, 0.1) is 10.9 Å². The number of aromatic nitrogens is 3. The standard InChI is InChI=1S/C24H23N5O2/c1-29(2)20-12-15(10-11-25-20)14-26-23(30)18-13-19(16-8-9-16)27-24-21(18)22(28-31-24)17-6-4-3-5-7-17/h3-7,10-13,16H,8-9,14H2,1-2H3,(H,26,30). The molecule has 156 valence electrons. The number of pyridine rings is 2. The molecule has 3 heterocycles. The Kier molecular flexibility index (Phi) is 4.86. The number of hydrogen-bond donors (Lipinski definition) is 1. The van der Waals surface area contributed by atoms with Gasteiger partial charge in [0.2, 0.25) is 0 Å². The minimum Gasteiger partial charge on any atom is -0.363 e. The summed E-state index contributed by atoms with van der Waals surface area (Å²) in [6.07, 6.45) is 3.92. The number of nitrogens with one attached hydrogen (secondary N) is 1. The quantitative estimate of drug-likeness (QED) is 0.511. The number of carbonyl (C=O) groups is 1. The van der Waals surface area contributed by atoms with Crippen molar-refractivity contribution in [2.24, 2.45) is 0 Å². The molecule has 1 saturated carbocycles. The molecule has 1 fully saturated rings. The van der Waals surface area contributed by atoms with Crippen LogP contribution in [0.2, 0.25) is 0 Å². The molecule has 0 bridgehead atoms. The van der Waals surface area contributed by atoms with Crippen LogP contribution in [0.5, 0.6) is 0 Å². The third kappa shape index (κ3) is 3.86. The lowest BCUT2D eigenvalue weighted by atomic mass is 10.0. The maximum Gasteiger partial charge on any atom is 0.259 e. The summed E-state index contributed by atoms with van der Waals surface area (Å²) in [5.41, 5.74) is 4.36. The predicted octanol–water partition coefficient (Wildman–Crippen LogP) is 4.16. The summed E-state index contributed by atoms with van der Waals surface area (Å²) in [5, 5.41) is 7.94. The zero-order valence-corrected chi connectivity index (χ0v) is 17.5. The molecule has 31 heavy (non-hydrogen) atoms. The first kappa shape index (κ1) is 19.2. The highest BCUT2D eigenvalue weighted by Crippen LogP contribution is 2.41. The van der Waals surface area contributed by atoms with E-state index in [0.29, 0.717) is 34.8 Å². The molecular formula is C24H23N5O2. The van der Waals surface area contributed by atoms with Gasteiger partial charge in [0.25, 0.3) is 11.6 Å². The second-order valence-corrected chi connectivity index (χ2v) is 8.05. The number of hydrogen-bond acceptors (Lipinski definition) is 6. The summed E-state index contributed by atoms with van der Waals surface area (Å²) in [6.45, 7) is 0.400. The highest BCUT2D eigenvalue weighted by atomic mass is 16.5. The van der Waals surface area contributed by atoms with Crippen molar-refractivity contribution >= 4 is 22.8 Å². The van der Waals surface area contributed by atoms with Crippen LogP contribution in [0.25, 0.3) is 22.4 Å². The normalized spacial score (nSPS) is 13.4. The molecule has 5 rings (SSSR count). The van der Waals surface area contributed by atoms with E-state index < -0.39 is 0 Å². The van der Waals surface area contributed by atoms with Crippen molar-refractivity contribution in [2.75, 3.05) is 19.0 Å². The Morgan fingerprint density at radius 2 is 1.97 bits per heavy atom. The Morgan fingerprint density at radius 3 is 2.71 bits per heavy atom. The van der Waals surface area contributed by atoms with Crippen LogP contribution in [0.4, 0.5) is 5.82 Å². The monoisotopic (exact) mass is 413 g/mol. The summed E-state index contributed by atoms with van der Waals surface area (Å²) in [4.78, 5) is 24.2. The third-order valence-corrected chi connectivity index (χ3v) is 5.47. The van der Waals surface area contributed by atoms with E-state index in [-0.39, 0.29) is 5.91 Å². The van der Waals surface area contributed by atoms with Gasteiger partial charge in [-0.15, -0.1) is 0 Å². The maximum absolute atomic E-state index is 13.3. The van der Waals surface area contributed by atoms with Gasteiger partial charge in [0.15, 0.2) is 0 Å². The van der Waals surface area contributed by atoms with Crippen LogP contribution in [-0.4, -0.2) is 35.1 Å². The lowest BCUT2D eigenvalue weighted by Crippen LogP contribution is -2.23. The molecule has 1 aliphatic carbocycles. The van der Waals surface area contributed by atoms with Crippen LogP contribution in [0.15, 0.2) is 59.3 Å². The van der Waals surface area contributed by atoms with E-state index in [1.165, 1.54) is 0 Å². The Morgan fingerprint density at radius 1 is 1.16 bits per heavy atom. The molecule has 0 aliphatic heterocycles. The number of rotatable bonds is 6. The number of carbonyl (C=O) groups excluding carboxylic acids is 1. The first-order valence-corrected chi connectivity index (χ1v) is 10.4. The van der Waals surface area contributed by atoms with Crippen molar-refractivity contribution in [3.8, 4) is 11.3 Å². The van der Waals surface area contributed by atoms with Crippen LogP contribution >= 0.6 is 0 Å². The number of nitrogens with zero attached hydrogens (tertiary/aromatic N) is 4. The smallest absolute Gasteiger partial charge is 0.259 e. The first-order chi connectivity index (χ1) is 15.1. The largest absolute Gasteiger partial charge is 0.363 e. The van der Waals surface area contributed by atoms with Crippen molar-refractivity contribution in [3.05, 3.63) is 71.5 Å². The van der Waals surface area contributed by atoms with Crippen molar-refractivity contribution in [3.63, 3.8) is 0 Å². The van der Waals surface area contributed by atoms with Crippen LogP contribution < -0.4 is 10.2 Å². The zero-order valence-electron chi connectivity index (χ0n) is 17.5. The van der Waals surface area contributed by atoms with E-state index in [4.69, 9.17) is 4.52 Å².